The number of hydrogen-bond donors (Lipinski definition) is 1. The van der Waals surface area contributed by atoms with Crippen LogP contribution >= 0.6 is 0 Å². The zero-order chi connectivity index (χ0) is 10.6. The van der Waals surface area contributed by atoms with E-state index in [0.717, 1.165) is 31.8 Å². The molecule has 1 rings (SSSR count). The van der Waals surface area contributed by atoms with Gasteiger partial charge in [0.1, 0.15) is 6.61 Å². The van der Waals surface area contributed by atoms with E-state index in [9.17, 15) is 5.11 Å². The van der Waals surface area contributed by atoms with Gasteiger partial charge in [-0.1, -0.05) is 20.8 Å². The molecular weight excluding hydrogens is 178 g/mol. The van der Waals surface area contributed by atoms with Gasteiger partial charge in [-0.05, 0) is 18.8 Å². The number of aliphatic hydroxyl groups excluding tert-OH is 1. The highest BCUT2D eigenvalue weighted by Crippen LogP contribution is 2.16. The Labute approximate surface area is 86.2 Å². The first-order valence-electron chi connectivity index (χ1n) is 5.51. The summed E-state index contributed by atoms with van der Waals surface area (Å²) in [5.41, 5.74) is 0. The fraction of sp³-hybridized carbons (Fsp3) is 0.909. The SMILES string of the molecule is CCC(O)CCC1=NC(C(C)C)CO1. The van der Waals surface area contributed by atoms with Crippen molar-refractivity contribution in [3.8, 4) is 0 Å². The Bertz CT molecular complexity index is 201. The summed E-state index contributed by atoms with van der Waals surface area (Å²) in [6.45, 7) is 7.01. The molecule has 1 N–H and O–H groups in total. The van der Waals surface area contributed by atoms with Gasteiger partial charge in [0, 0.05) is 6.42 Å². The number of aliphatic imine (C=N–C) groups is 1. The minimum absolute atomic E-state index is 0.209. The van der Waals surface area contributed by atoms with Crippen molar-refractivity contribution < 1.29 is 9.84 Å². The van der Waals surface area contributed by atoms with Crippen molar-refractivity contribution in [3.05, 3.63) is 0 Å². The lowest BCUT2D eigenvalue weighted by atomic mass is 10.1. The number of aliphatic hydroxyl groups is 1. The first-order valence-corrected chi connectivity index (χ1v) is 5.51. The van der Waals surface area contributed by atoms with Crippen LogP contribution in [0.25, 0.3) is 0 Å². The lowest BCUT2D eigenvalue weighted by Gasteiger charge is -2.06. The van der Waals surface area contributed by atoms with Crippen LogP contribution < -0.4 is 0 Å². The summed E-state index contributed by atoms with van der Waals surface area (Å²) in [7, 11) is 0. The second-order valence-electron chi connectivity index (χ2n) is 4.25. The van der Waals surface area contributed by atoms with Crippen molar-refractivity contribution in [1.29, 1.82) is 0 Å². The molecule has 1 aliphatic rings. The predicted octanol–water partition coefficient (Wildman–Crippen LogP) is 1.99. The van der Waals surface area contributed by atoms with Gasteiger partial charge in [-0.25, -0.2) is 4.99 Å². The molecule has 1 heterocycles. The molecule has 14 heavy (non-hydrogen) atoms. The van der Waals surface area contributed by atoms with Crippen molar-refractivity contribution in [2.75, 3.05) is 6.61 Å². The molecule has 2 unspecified atom stereocenters. The van der Waals surface area contributed by atoms with E-state index in [4.69, 9.17) is 4.74 Å². The monoisotopic (exact) mass is 199 g/mol. The largest absolute Gasteiger partial charge is 0.479 e. The van der Waals surface area contributed by atoms with Crippen LogP contribution in [-0.2, 0) is 4.74 Å². The van der Waals surface area contributed by atoms with Gasteiger partial charge in [-0.2, -0.15) is 0 Å². The van der Waals surface area contributed by atoms with Gasteiger partial charge in [0.25, 0.3) is 0 Å². The highest BCUT2D eigenvalue weighted by atomic mass is 16.5. The van der Waals surface area contributed by atoms with Crippen molar-refractivity contribution in [2.24, 2.45) is 10.9 Å². The summed E-state index contributed by atoms with van der Waals surface area (Å²) >= 11 is 0. The molecule has 0 fully saturated rings. The summed E-state index contributed by atoms with van der Waals surface area (Å²) in [6.07, 6.45) is 2.14. The van der Waals surface area contributed by atoms with Crippen molar-refractivity contribution in [1.82, 2.24) is 0 Å². The van der Waals surface area contributed by atoms with E-state index in [1.165, 1.54) is 0 Å². The topological polar surface area (TPSA) is 41.8 Å². The number of rotatable bonds is 5. The molecule has 0 bridgehead atoms. The minimum atomic E-state index is -0.209. The molecule has 2 atom stereocenters. The zero-order valence-corrected chi connectivity index (χ0v) is 9.36. The van der Waals surface area contributed by atoms with Crippen LogP contribution in [0.3, 0.4) is 0 Å². The van der Waals surface area contributed by atoms with Gasteiger partial charge in [-0.3, -0.25) is 0 Å². The van der Waals surface area contributed by atoms with Crippen LogP contribution in [0.1, 0.15) is 40.0 Å². The minimum Gasteiger partial charge on any atom is -0.479 e. The van der Waals surface area contributed by atoms with E-state index in [2.05, 4.69) is 18.8 Å². The quantitative estimate of drug-likeness (QED) is 0.735. The zero-order valence-electron chi connectivity index (χ0n) is 9.36. The van der Waals surface area contributed by atoms with E-state index in [0.29, 0.717) is 12.0 Å². The van der Waals surface area contributed by atoms with Gasteiger partial charge in [0.05, 0.1) is 12.1 Å². The maximum Gasteiger partial charge on any atom is 0.183 e. The first kappa shape index (κ1) is 11.5. The molecule has 0 aromatic heterocycles. The molecule has 0 aromatic carbocycles. The third-order valence-corrected chi connectivity index (χ3v) is 2.66. The second kappa shape index (κ2) is 5.35. The molecule has 0 radical (unpaired) electrons. The lowest BCUT2D eigenvalue weighted by molar-refractivity contribution is 0.160. The molecule has 0 amide bonds. The predicted molar refractivity (Wildman–Crippen MR) is 57.5 cm³/mol. The Kier molecular flexibility index (Phi) is 4.39. The summed E-state index contributed by atoms with van der Waals surface area (Å²) in [4.78, 5) is 4.48. The highest BCUT2D eigenvalue weighted by molar-refractivity contribution is 5.77. The average molecular weight is 199 g/mol. The molecule has 3 heteroatoms. The first-order chi connectivity index (χ1) is 6.63. The van der Waals surface area contributed by atoms with Gasteiger partial charge in [-0.15, -0.1) is 0 Å². The Morgan fingerprint density at radius 2 is 2.29 bits per heavy atom. The van der Waals surface area contributed by atoms with Crippen molar-refractivity contribution in [2.45, 2.75) is 52.2 Å². The number of nitrogens with zero attached hydrogens (tertiary/aromatic N) is 1. The van der Waals surface area contributed by atoms with Crippen LogP contribution in [0.4, 0.5) is 0 Å². The smallest absolute Gasteiger partial charge is 0.183 e. The summed E-state index contributed by atoms with van der Waals surface area (Å²) in [6, 6.07) is 0.323. The Morgan fingerprint density at radius 3 is 2.79 bits per heavy atom. The van der Waals surface area contributed by atoms with E-state index < -0.39 is 0 Å². The molecule has 0 saturated carbocycles. The normalized spacial score (nSPS) is 23.5. The Hall–Kier alpha value is -0.570. The standard InChI is InChI=1S/C11H21NO2/c1-4-9(13)5-6-11-12-10(7-14-11)8(2)3/h8-10,13H,4-7H2,1-3H3. The Balaban J connectivity index is 2.29. The molecule has 0 saturated heterocycles. The molecule has 1 aliphatic heterocycles. The molecule has 0 aromatic rings. The van der Waals surface area contributed by atoms with E-state index in [1.807, 2.05) is 6.92 Å². The van der Waals surface area contributed by atoms with Gasteiger partial charge in [0.15, 0.2) is 5.90 Å². The Morgan fingerprint density at radius 1 is 1.57 bits per heavy atom. The molecule has 82 valence electrons. The average Bonchev–Trinajstić information content (AvgIpc) is 2.62. The summed E-state index contributed by atoms with van der Waals surface area (Å²) in [5, 5.41) is 9.38. The third-order valence-electron chi connectivity index (χ3n) is 2.66. The summed E-state index contributed by atoms with van der Waals surface area (Å²) < 4.78 is 5.46. The molecule has 0 spiro atoms. The fourth-order valence-electron chi connectivity index (χ4n) is 1.41. The van der Waals surface area contributed by atoms with E-state index in [-0.39, 0.29) is 6.10 Å². The molecule has 0 aliphatic carbocycles. The van der Waals surface area contributed by atoms with Crippen molar-refractivity contribution in [3.63, 3.8) is 0 Å². The van der Waals surface area contributed by atoms with E-state index in [1.54, 1.807) is 0 Å². The van der Waals surface area contributed by atoms with Gasteiger partial charge in [0.2, 0.25) is 0 Å². The number of hydrogen-bond acceptors (Lipinski definition) is 3. The lowest BCUT2D eigenvalue weighted by Crippen LogP contribution is -2.13. The van der Waals surface area contributed by atoms with Gasteiger partial charge >= 0.3 is 0 Å². The third kappa shape index (κ3) is 3.29. The second-order valence-corrected chi connectivity index (χ2v) is 4.25. The summed E-state index contributed by atoms with van der Waals surface area (Å²) in [5.74, 6) is 1.37. The van der Waals surface area contributed by atoms with Gasteiger partial charge < -0.3 is 9.84 Å². The maximum absolute atomic E-state index is 9.38. The maximum atomic E-state index is 9.38. The van der Waals surface area contributed by atoms with Crippen LogP contribution in [0.5, 0.6) is 0 Å². The highest BCUT2D eigenvalue weighted by Gasteiger charge is 2.21. The van der Waals surface area contributed by atoms with Crippen LogP contribution in [0.2, 0.25) is 0 Å². The molecule has 3 nitrogen and oxygen atoms in total. The van der Waals surface area contributed by atoms with Crippen LogP contribution in [0.15, 0.2) is 4.99 Å². The van der Waals surface area contributed by atoms with Crippen LogP contribution in [0, 0.1) is 5.92 Å². The molecular formula is C11H21NO2. The van der Waals surface area contributed by atoms with Crippen molar-refractivity contribution >= 4 is 5.90 Å². The number of ether oxygens (including phenoxy) is 1. The van der Waals surface area contributed by atoms with E-state index >= 15 is 0 Å². The van der Waals surface area contributed by atoms with Crippen LogP contribution in [-0.4, -0.2) is 29.8 Å². The fourth-order valence-corrected chi connectivity index (χ4v) is 1.41.